The highest BCUT2D eigenvalue weighted by molar-refractivity contribution is 9.10. The molecule has 1 N–H and O–H groups in total. The number of ether oxygens (including phenoxy) is 1. The fourth-order valence-corrected chi connectivity index (χ4v) is 1.98. The van der Waals surface area contributed by atoms with Gasteiger partial charge in [0.1, 0.15) is 6.61 Å². The molecule has 1 rings (SSSR count). The number of hydrogen-bond acceptors (Lipinski definition) is 2. The van der Waals surface area contributed by atoms with Gasteiger partial charge in [-0.2, -0.15) is 13.2 Å². The molecule has 0 amide bonds. The van der Waals surface area contributed by atoms with Gasteiger partial charge in [0.05, 0.1) is 0 Å². The molecule has 0 spiro atoms. The van der Waals surface area contributed by atoms with Crippen LogP contribution in [0.2, 0.25) is 0 Å². The number of hydrogen-bond donors (Lipinski definition) is 1. The van der Waals surface area contributed by atoms with Gasteiger partial charge in [0.25, 0.3) is 0 Å². The zero-order valence-electron chi connectivity index (χ0n) is 9.98. The summed E-state index contributed by atoms with van der Waals surface area (Å²) in [6, 6.07) is 5.87. The van der Waals surface area contributed by atoms with Crippen LogP contribution in [0.4, 0.5) is 18.9 Å². The first-order valence-electron chi connectivity index (χ1n) is 5.53. The van der Waals surface area contributed by atoms with Gasteiger partial charge < -0.3 is 10.1 Å². The Hall–Kier alpha value is -0.750. The summed E-state index contributed by atoms with van der Waals surface area (Å²) in [5, 5.41) is 3.13. The lowest BCUT2D eigenvalue weighted by Gasteiger charge is -2.10. The van der Waals surface area contributed by atoms with Gasteiger partial charge >= 0.3 is 6.18 Å². The van der Waals surface area contributed by atoms with Gasteiger partial charge in [0.15, 0.2) is 0 Å². The average Bonchev–Trinajstić information content (AvgIpc) is 2.24. The van der Waals surface area contributed by atoms with Gasteiger partial charge in [-0.15, -0.1) is 0 Å². The van der Waals surface area contributed by atoms with Crippen LogP contribution in [0.1, 0.15) is 12.0 Å². The molecule has 0 fully saturated rings. The first kappa shape index (κ1) is 15.3. The molecule has 1 aromatic carbocycles. The van der Waals surface area contributed by atoms with Crippen LogP contribution in [0, 0.1) is 6.92 Å². The second-order valence-electron chi connectivity index (χ2n) is 3.93. The lowest BCUT2D eigenvalue weighted by Crippen LogP contribution is -2.18. The zero-order chi connectivity index (χ0) is 13.6. The standard InChI is InChI=1S/C12H15BrF3NO/c1-9-3-4-11(10(13)7-9)17-5-2-6-18-8-12(14,15)16/h3-4,7,17H,2,5-6,8H2,1H3. The SMILES string of the molecule is Cc1ccc(NCCCOCC(F)(F)F)c(Br)c1. The first-order chi connectivity index (χ1) is 8.38. The number of benzene rings is 1. The van der Waals surface area contributed by atoms with Gasteiger partial charge in [-0.1, -0.05) is 6.07 Å². The van der Waals surface area contributed by atoms with Crippen LogP contribution in [-0.2, 0) is 4.74 Å². The Balaban J connectivity index is 2.18. The fraction of sp³-hybridized carbons (Fsp3) is 0.500. The summed E-state index contributed by atoms with van der Waals surface area (Å²) in [4.78, 5) is 0. The summed E-state index contributed by atoms with van der Waals surface area (Å²) in [7, 11) is 0. The first-order valence-corrected chi connectivity index (χ1v) is 6.32. The monoisotopic (exact) mass is 325 g/mol. The van der Waals surface area contributed by atoms with Gasteiger partial charge in [-0.05, 0) is 47.0 Å². The van der Waals surface area contributed by atoms with Crippen LogP contribution >= 0.6 is 15.9 Å². The minimum atomic E-state index is -4.24. The molecule has 1 aromatic rings. The molecule has 0 aliphatic rings. The third kappa shape index (κ3) is 6.26. The summed E-state index contributed by atoms with van der Waals surface area (Å²) >= 11 is 3.41. The molecule has 18 heavy (non-hydrogen) atoms. The molecule has 0 atom stereocenters. The molecule has 6 heteroatoms. The summed E-state index contributed by atoms with van der Waals surface area (Å²) < 4.78 is 40.8. The Kier molecular flexibility index (Phi) is 5.95. The molecule has 0 aromatic heterocycles. The highest BCUT2D eigenvalue weighted by Gasteiger charge is 2.27. The lowest BCUT2D eigenvalue weighted by molar-refractivity contribution is -0.173. The van der Waals surface area contributed by atoms with E-state index in [1.807, 2.05) is 25.1 Å². The Bertz CT molecular complexity index is 382. The van der Waals surface area contributed by atoms with E-state index in [-0.39, 0.29) is 6.61 Å². The van der Waals surface area contributed by atoms with Gasteiger partial charge in [0.2, 0.25) is 0 Å². The van der Waals surface area contributed by atoms with E-state index in [9.17, 15) is 13.2 Å². The van der Waals surface area contributed by atoms with Crippen LogP contribution in [-0.4, -0.2) is 25.9 Å². The van der Waals surface area contributed by atoms with Gasteiger partial charge in [-0.25, -0.2) is 0 Å². The summed E-state index contributed by atoms with van der Waals surface area (Å²) in [5.74, 6) is 0. The van der Waals surface area contributed by atoms with Crippen LogP contribution in [0.3, 0.4) is 0 Å². The fourth-order valence-electron chi connectivity index (χ4n) is 1.35. The minimum Gasteiger partial charge on any atom is -0.384 e. The number of halogens is 4. The van der Waals surface area contributed by atoms with Crippen molar-refractivity contribution < 1.29 is 17.9 Å². The summed E-state index contributed by atoms with van der Waals surface area (Å²) in [6.07, 6.45) is -3.72. The molecule has 0 radical (unpaired) electrons. The Labute approximate surface area is 113 Å². The average molecular weight is 326 g/mol. The summed E-state index contributed by atoms with van der Waals surface area (Å²) in [5.41, 5.74) is 2.07. The van der Waals surface area contributed by atoms with Crippen molar-refractivity contribution in [1.82, 2.24) is 0 Å². The quantitative estimate of drug-likeness (QED) is 0.794. The molecule has 0 aliphatic heterocycles. The highest BCUT2D eigenvalue weighted by Crippen LogP contribution is 2.23. The van der Waals surface area contributed by atoms with Crippen molar-refractivity contribution in [3.05, 3.63) is 28.2 Å². The van der Waals surface area contributed by atoms with Crippen molar-refractivity contribution >= 4 is 21.6 Å². The minimum absolute atomic E-state index is 0.0932. The van der Waals surface area contributed by atoms with E-state index in [0.717, 1.165) is 15.7 Å². The van der Waals surface area contributed by atoms with Gasteiger partial charge in [0, 0.05) is 23.3 Å². The molecular formula is C12H15BrF3NO. The lowest BCUT2D eigenvalue weighted by atomic mass is 10.2. The Morgan fingerprint density at radius 1 is 1.33 bits per heavy atom. The number of nitrogens with one attached hydrogen (secondary N) is 1. The van der Waals surface area contributed by atoms with E-state index in [1.165, 1.54) is 0 Å². The van der Waals surface area contributed by atoms with E-state index in [0.29, 0.717) is 13.0 Å². The van der Waals surface area contributed by atoms with Crippen LogP contribution in [0.5, 0.6) is 0 Å². The smallest absolute Gasteiger partial charge is 0.384 e. The molecule has 0 saturated heterocycles. The van der Waals surface area contributed by atoms with Crippen molar-refractivity contribution in [1.29, 1.82) is 0 Å². The molecular weight excluding hydrogens is 311 g/mol. The van der Waals surface area contributed by atoms with Crippen molar-refractivity contribution in [2.24, 2.45) is 0 Å². The van der Waals surface area contributed by atoms with Crippen LogP contribution in [0.25, 0.3) is 0 Å². The van der Waals surface area contributed by atoms with E-state index >= 15 is 0 Å². The number of alkyl halides is 3. The Morgan fingerprint density at radius 2 is 2.06 bits per heavy atom. The van der Waals surface area contributed by atoms with Crippen molar-refractivity contribution in [2.75, 3.05) is 25.1 Å². The van der Waals surface area contributed by atoms with Crippen LogP contribution in [0.15, 0.2) is 22.7 Å². The van der Waals surface area contributed by atoms with Crippen molar-refractivity contribution in [3.63, 3.8) is 0 Å². The largest absolute Gasteiger partial charge is 0.411 e. The van der Waals surface area contributed by atoms with Gasteiger partial charge in [-0.3, -0.25) is 0 Å². The van der Waals surface area contributed by atoms with Crippen molar-refractivity contribution in [2.45, 2.75) is 19.5 Å². The predicted octanol–water partition coefficient (Wildman–Crippen LogP) is 4.14. The predicted molar refractivity (Wildman–Crippen MR) is 68.9 cm³/mol. The molecule has 0 aliphatic carbocycles. The molecule has 102 valence electrons. The maximum atomic E-state index is 11.8. The maximum absolute atomic E-state index is 11.8. The molecule has 0 unspecified atom stereocenters. The molecule has 0 saturated carbocycles. The van der Waals surface area contributed by atoms with Crippen LogP contribution < -0.4 is 5.32 Å². The maximum Gasteiger partial charge on any atom is 0.411 e. The number of rotatable bonds is 6. The van der Waals surface area contributed by atoms with E-state index in [1.54, 1.807) is 0 Å². The molecule has 0 bridgehead atoms. The van der Waals surface area contributed by atoms with E-state index in [2.05, 4.69) is 26.0 Å². The zero-order valence-corrected chi connectivity index (χ0v) is 11.6. The third-order valence-electron chi connectivity index (χ3n) is 2.17. The van der Waals surface area contributed by atoms with E-state index < -0.39 is 12.8 Å². The normalized spacial score (nSPS) is 11.6. The molecule has 0 heterocycles. The van der Waals surface area contributed by atoms with E-state index in [4.69, 9.17) is 0 Å². The highest BCUT2D eigenvalue weighted by atomic mass is 79.9. The second kappa shape index (κ2) is 6.99. The second-order valence-corrected chi connectivity index (χ2v) is 4.79. The number of aryl methyl sites for hydroxylation is 1. The topological polar surface area (TPSA) is 21.3 Å². The summed E-state index contributed by atoms with van der Waals surface area (Å²) in [6.45, 7) is 1.47. The molecule has 2 nitrogen and oxygen atoms in total. The third-order valence-corrected chi connectivity index (χ3v) is 2.83. The van der Waals surface area contributed by atoms with Crippen molar-refractivity contribution in [3.8, 4) is 0 Å². The Morgan fingerprint density at radius 3 is 2.67 bits per heavy atom. The number of anilines is 1.